The van der Waals surface area contributed by atoms with E-state index in [4.69, 9.17) is 0 Å². The van der Waals surface area contributed by atoms with Gasteiger partial charge >= 0.3 is 0 Å². The second-order valence-electron chi connectivity index (χ2n) is 4.06. The van der Waals surface area contributed by atoms with Crippen molar-refractivity contribution < 1.29 is 0 Å². The molecule has 0 bridgehead atoms. The molecule has 0 fully saturated rings. The monoisotopic (exact) mass is 309 g/mol. The molecule has 0 radical (unpaired) electrons. The minimum atomic E-state index is 0.175. The van der Waals surface area contributed by atoms with Crippen LogP contribution in [0.15, 0.2) is 29.1 Å². The zero-order valence-corrected chi connectivity index (χ0v) is 12.1. The smallest absolute Gasteiger partial charge is 0.153 e. The van der Waals surface area contributed by atoms with E-state index in [2.05, 4.69) is 49.5 Å². The molecule has 0 aliphatic rings. The molecule has 0 aromatic carbocycles. The summed E-state index contributed by atoms with van der Waals surface area (Å²) in [5, 5.41) is 11.5. The van der Waals surface area contributed by atoms with Crippen LogP contribution >= 0.6 is 15.9 Å². The second kappa shape index (κ2) is 6.06. The minimum absolute atomic E-state index is 0.175. The van der Waals surface area contributed by atoms with Gasteiger partial charge in [-0.25, -0.2) is 4.68 Å². The molecule has 5 nitrogen and oxygen atoms in total. The van der Waals surface area contributed by atoms with Crippen LogP contribution in [0.4, 0.5) is 0 Å². The number of hydrogen-bond donors (Lipinski definition) is 1. The van der Waals surface area contributed by atoms with Gasteiger partial charge in [0.15, 0.2) is 4.60 Å². The number of nitrogens with one attached hydrogen (secondary N) is 1. The van der Waals surface area contributed by atoms with Crippen LogP contribution in [0.1, 0.15) is 24.2 Å². The largest absolute Gasteiger partial charge is 0.309 e. The van der Waals surface area contributed by atoms with Crippen LogP contribution in [0, 0.1) is 0 Å². The van der Waals surface area contributed by atoms with Crippen molar-refractivity contribution in [3.63, 3.8) is 0 Å². The molecule has 0 saturated carbocycles. The Kier molecular flexibility index (Phi) is 4.43. The van der Waals surface area contributed by atoms with Crippen molar-refractivity contribution in [1.29, 1.82) is 0 Å². The first-order valence-electron chi connectivity index (χ1n) is 5.89. The summed E-state index contributed by atoms with van der Waals surface area (Å²) in [5.74, 6) is 0. The van der Waals surface area contributed by atoms with Crippen molar-refractivity contribution in [1.82, 2.24) is 25.3 Å². The molecule has 2 heterocycles. The molecule has 96 valence electrons. The Bertz CT molecular complexity index is 477. The van der Waals surface area contributed by atoms with E-state index in [-0.39, 0.29) is 6.04 Å². The molecule has 6 heteroatoms. The fourth-order valence-corrected chi connectivity index (χ4v) is 2.58. The van der Waals surface area contributed by atoms with E-state index in [1.165, 1.54) is 5.56 Å². The molecule has 1 unspecified atom stereocenters. The van der Waals surface area contributed by atoms with Crippen molar-refractivity contribution in [2.75, 3.05) is 6.54 Å². The van der Waals surface area contributed by atoms with E-state index < -0.39 is 0 Å². The van der Waals surface area contributed by atoms with Crippen LogP contribution in [0.25, 0.3) is 0 Å². The van der Waals surface area contributed by atoms with Crippen LogP contribution in [-0.2, 0) is 13.5 Å². The van der Waals surface area contributed by atoms with Gasteiger partial charge in [0.05, 0.1) is 11.7 Å². The quantitative estimate of drug-likeness (QED) is 0.916. The maximum atomic E-state index is 4.15. The van der Waals surface area contributed by atoms with E-state index in [1.807, 2.05) is 19.3 Å². The highest BCUT2D eigenvalue weighted by molar-refractivity contribution is 9.10. The third kappa shape index (κ3) is 2.94. The summed E-state index contributed by atoms with van der Waals surface area (Å²) >= 11 is 3.45. The van der Waals surface area contributed by atoms with Gasteiger partial charge in [-0.3, -0.25) is 4.98 Å². The third-order valence-electron chi connectivity index (χ3n) is 2.77. The number of rotatable bonds is 5. The molecule has 0 amide bonds. The predicted octanol–water partition coefficient (Wildman–Crippen LogP) is 1.87. The van der Waals surface area contributed by atoms with Crippen LogP contribution in [0.5, 0.6) is 0 Å². The molecule has 0 aliphatic heterocycles. The Morgan fingerprint density at radius 1 is 1.50 bits per heavy atom. The molecule has 0 saturated heterocycles. The molecule has 2 aromatic heterocycles. The number of nitrogens with zero attached hydrogens (tertiary/aromatic N) is 4. The van der Waals surface area contributed by atoms with Crippen LogP contribution in [0.2, 0.25) is 0 Å². The van der Waals surface area contributed by atoms with Gasteiger partial charge in [-0.15, -0.1) is 5.10 Å². The summed E-state index contributed by atoms with van der Waals surface area (Å²) in [5.41, 5.74) is 2.25. The summed E-state index contributed by atoms with van der Waals surface area (Å²) in [6.07, 6.45) is 4.54. The van der Waals surface area contributed by atoms with Crippen molar-refractivity contribution in [3.05, 3.63) is 40.4 Å². The molecule has 2 rings (SSSR count). The molecular formula is C12H16BrN5. The lowest BCUT2D eigenvalue weighted by atomic mass is 10.1. The second-order valence-corrected chi connectivity index (χ2v) is 4.82. The molecule has 1 N–H and O–H groups in total. The van der Waals surface area contributed by atoms with E-state index in [9.17, 15) is 0 Å². The van der Waals surface area contributed by atoms with Gasteiger partial charge in [0.25, 0.3) is 0 Å². The highest BCUT2D eigenvalue weighted by Crippen LogP contribution is 2.23. The first-order valence-corrected chi connectivity index (χ1v) is 6.69. The normalized spacial score (nSPS) is 12.6. The zero-order valence-electron chi connectivity index (χ0n) is 10.5. The summed E-state index contributed by atoms with van der Waals surface area (Å²) < 4.78 is 2.59. The predicted molar refractivity (Wildman–Crippen MR) is 73.1 cm³/mol. The lowest BCUT2D eigenvalue weighted by Gasteiger charge is -2.18. The van der Waals surface area contributed by atoms with Crippen molar-refractivity contribution in [2.45, 2.75) is 19.4 Å². The van der Waals surface area contributed by atoms with Crippen LogP contribution < -0.4 is 5.32 Å². The average Bonchev–Trinajstić information content (AvgIpc) is 2.70. The maximum absolute atomic E-state index is 4.15. The number of pyridine rings is 1. The lowest BCUT2D eigenvalue weighted by molar-refractivity contribution is 0.504. The first kappa shape index (κ1) is 13.2. The molecule has 18 heavy (non-hydrogen) atoms. The van der Waals surface area contributed by atoms with Gasteiger partial charge in [0, 0.05) is 19.4 Å². The molecule has 1 atom stereocenters. The molecule has 2 aromatic rings. The lowest BCUT2D eigenvalue weighted by Crippen LogP contribution is -2.25. The fourth-order valence-electron chi connectivity index (χ4n) is 1.98. The Balaban J connectivity index is 2.24. The van der Waals surface area contributed by atoms with Gasteiger partial charge < -0.3 is 5.32 Å². The summed E-state index contributed by atoms with van der Waals surface area (Å²) in [6, 6.07) is 4.21. The highest BCUT2D eigenvalue weighted by Gasteiger charge is 2.19. The average molecular weight is 310 g/mol. The van der Waals surface area contributed by atoms with Crippen molar-refractivity contribution >= 4 is 15.9 Å². The standard InChI is InChI=1S/C12H16BrN5/c1-3-15-10(7-9-5-4-6-14-8-9)11-12(13)16-17-18(11)2/h4-6,8,10,15H,3,7H2,1-2H3. The van der Waals surface area contributed by atoms with Crippen molar-refractivity contribution in [3.8, 4) is 0 Å². The van der Waals surface area contributed by atoms with Crippen LogP contribution in [0.3, 0.4) is 0 Å². The van der Waals surface area contributed by atoms with Crippen LogP contribution in [-0.4, -0.2) is 26.5 Å². The van der Waals surface area contributed by atoms with Gasteiger partial charge in [-0.1, -0.05) is 18.2 Å². The van der Waals surface area contributed by atoms with E-state index in [0.717, 1.165) is 23.3 Å². The minimum Gasteiger partial charge on any atom is -0.309 e. The summed E-state index contributed by atoms with van der Waals surface area (Å²) in [4.78, 5) is 4.15. The molecule has 0 spiro atoms. The number of aryl methyl sites for hydroxylation is 1. The Labute approximate surface area is 115 Å². The van der Waals surface area contributed by atoms with Gasteiger partial charge in [0.2, 0.25) is 0 Å². The summed E-state index contributed by atoms with van der Waals surface area (Å²) in [6.45, 7) is 2.98. The molecule has 0 aliphatic carbocycles. The van der Waals surface area contributed by atoms with E-state index in [1.54, 1.807) is 10.9 Å². The third-order valence-corrected chi connectivity index (χ3v) is 3.33. The maximum Gasteiger partial charge on any atom is 0.153 e. The highest BCUT2D eigenvalue weighted by atomic mass is 79.9. The topological polar surface area (TPSA) is 55.6 Å². The Morgan fingerprint density at radius 3 is 2.89 bits per heavy atom. The fraction of sp³-hybridized carbons (Fsp3) is 0.417. The van der Waals surface area contributed by atoms with Crippen molar-refractivity contribution in [2.24, 2.45) is 7.05 Å². The van der Waals surface area contributed by atoms with Gasteiger partial charge in [-0.05, 0) is 40.5 Å². The van der Waals surface area contributed by atoms with Gasteiger partial charge in [0.1, 0.15) is 0 Å². The zero-order chi connectivity index (χ0) is 13.0. The van der Waals surface area contributed by atoms with Gasteiger partial charge in [-0.2, -0.15) is 0 Å². The molecular weight excluding hydrogens is 294 g/mol. The van der Waals surface area contributed by atoms with E-state index >= 15 is 0 Å². The number of hydrogen-bond acceptors (Lipinski definition) is 4. The first-order chi connectivity index (χ1) is 8.72. The number of aromatic nitrogens is 4. The number of likely N-dealkylation sites (N-methyl/N-ethyl adjacent to an activating group) is 1. The summed E-state index contributed by atoms with van der Waals surface area (Å²) in [7, 11) is 1.90. The van der Waals surface area contributed by atoms with E-state index in [0.29, 0.717) is 0 Å². The number of halogens is 1. The SMILES string of the molecule is CCNC(Cc1cccnc1)c1c(Br)nnn1C. The Hall–Kier alpha value is -1.27. The Morgan fingerprint density at radius 2 is 2.33 bits per heavy atom.